The summed E-state index contributed by atoms with van der Waals surface area (Å²) in [6.07, 6.45) is 2.31. The molecule has 0 radical (unpaired) electrons. The van der Waals surface area contributed by atoms with Crippen molar-refractivity contribution in [1.29, 1.82) is 0 Å². The monoisotopic (exact) mass is 402 g/mol. The molecule has 0 spiro atoms. The minimum absolute atomic E-state index is 0.0188. The SMILES string of the molecule is COCCN(Cc1ccccn1)C(=O)CCC(=O)CCC(=O)c1ccc(C)s1. The molecule has 0 aliphatic rings. The van der Waals surface area contributed by atoms with E-state index >= 15 is 0 Å². The molecule has 0 aromatic carbocycles. The number of carbonyl (C=O) groups is 3. The maximum absolute atomic E-state index is 12.5. The number of nitrogens with zero attached hydrogens (tertiary/aromatic N) is 2. The van der Waals surface area contributed by atoms with Gasteiger partial charge in [-0.3, -0.25) is 19.4 Å². The molecule has 1 amide bonds. The van der Waals surface area contributed by atoms with Gasteiger partial charge in [-0.2, -0.15) is 0 Å². The van der Waals surface area contributed by atoms with Crippen LogP contribution in [0, 0.1) is 6.92 Å². The zero-order valence-corrected chi connectivity index (χ0v) is 17.2. The fourth-order valence-electron chi connectivity index (χ4n) is 2.67. The highest BCUT2D eigenvalue weighted by Crippen LogP contribution is 2.18. The number of hydrogen-bond donors (Lipinski definition) is 0. The lowest BCUT2D eigenvalue weighted by Gasteiger charge is -2.22. The number of carbonyl (C=O) groups excluding carboxylic acids is 3. The van der Waals surface area contributed by atoms with Gasteiger partial charge in [0.15, 0.2) is 5.78 Å². The molecule has 150 valence electrons. The molecule has 0 bridgehead atoms. The second-order valence-corrected chi connectivity index (χ2v) is 7.79. The van der Waals surface area contributed by atoms with Crippen molar-refractivity contribution < 1.29 is 19.1 Å². The van der Waals surface area contributed by atoms with Gasteiger partial charge in [-0.15, -0.1) is 11.3 Å². The summed E-state index contributed by atoms with van der Waals surface area (Å²) < 4.78 is 5.08. The number of amides is 1. The van der Waals surface area contributed by atoms with Crippen LogP contribution in [-0.2, 0) is 20.9 Å². The van der Waals surface area contributed by atoms with Gasteiger partial charge in [0.2, 0.25) is 5.91 Å². The lowest BCUT2D eigenvalue weighted by molar-refractivity contribution is -0.134. The van der Waals surface area contributed by atoms with Crippen molar-refractivity contribution in [1.82, 2.24) is 9.88 Å². The summed E-state index contributed by atoms with van der Waals surface area (Å²) in [5, 5.41) is 0. The molecule has 28 heavy (non-hydrogen) atoms. The molecule has 0 aliphatic carbocycles. The van der Waals surface area contributed by atoms with Crippen molar-refractivity contribution in [3.63, 3.8) is 0 Å². The van der Waals surface area contributed by atoms with Crippen LogP contribution in [0.25, 0.3) is 0 Å². The van der Waals surface area contributed by atoms with Crippen LogP contribution in [0.15, 0.2) is 36.5 Å². The standard InChI is InChI=1S/C21H26N2O4S/c1-16-6-10-20(28-16)19(25)9-7-18(24)8-11-21(26)23(13-14-27-2)15-17-5-3-4-12-22-17/h3-6,10,12H,7-9,11,13-15H2,1-2H3. The third-order valence-corrected chi connectivity index (χ3v) is 5.30. The number of thiophene rings is 1. The van der Waals surface area contributed by atoms with Gasteiger partial charge in [-0.25, -0.2) is 0 Å². The van der Waals surface area contributed by atoms with E-state index in [4.69, 9.17) is 4.74 Å². The average Bonchev–Trinajstić information content (AvgIpc) is 3.14. The molecular formula is C21H26N2O4S. The summed E-state index contributed by atoms with van der Waals surface area (Å²) in [6, 6.07) is 9.24. The Balaban J connectivity index is 1.79. The summed E-state index contributed by atoms with van der Waals surface area (Å²) in [6.45, 7) is 3.18. The van der Waals surface area contributed by atoms with Crippen molar-refractivity contribution in [2.45, 2.75) is 39.2 Å². The number of ether oxygens (including phenoxy) is 1. The average molecular weight is 403 g/mol. The second kappa shape index (κ2) is 11.5. The van der Waals surface area contributed by atoms with Crippen LogP contribution in [0.4, 0.5) is 0 Å². The summed E-state index contributed by atoms with van der Waals surface area (Å²) in [4.78, 5) is 44.4. The molecule has 0 saturated heterocycles. The lowest BCUT2D eigenvalue weighted by atomic mass is 10.1. The number of aryl methyl sites for hydroxylation is 1. The maximum atomic E-state index is 12.5. The van der Waals surface area contributed by atoms with Gasteiger partial charge in [0.1, 0.15) is 5.78 Å². The van der Waals surface area contributed by atoms with Crippen LogP contribution < -0.4 is 0 Å². The Kier molecular flexibility index (Phi) is 8.97. The molecule has 0 N–H and O–H groups in total. The van der Waals surface area contributed by atoms with E-state index in [0.29, 0.717) is 24.6 Å². The number of pyridine rings is 1. The molecule has 2 heterocycles. The van der Waals surface area contributed by atoms with Gasteiger partial charge in [0, 0.05) is 50.4 Å². The smallest absolute Gasteiger partial charge is 0.223 e. The highest BCUT2D eigenvalue weighted by atomic mass is 32.1. The van der Waals surface area contributed by atoms with Crippen LogP contribution in [0.3, 0.4) is 0 Å². The van der Waals surface area contributed by atoms with Crippen molar-refractivity contribution >= 4 is 28.8 Å². The Labute approximate surface area is 169 Å². The third-order valence-electron chi connectivity index (χ3n) is 4.26. The summed E-state index contributed by atoms with van der Waals surface area (Å²) >= 11 is 1.44. The van der Waals surface area contributed by atoms with Crippen molar-refractivity contribution in [2.75, 3.05) is 20.3 Å². The molecule has 7 heteroatoms. The van der Waals surface area contributed by atoms with Crippen LogP contribution in [0.5, 0.6) is 0 Å². The number of ketones is 2. The predicted octanol–water partition coefficient (Wildman–Crippen LogP) is 3.44. The Morgan fingerprint density at radius 1 is 1.07 bits per heavy atom. The van der Waals surface area contributed by atoms with E-state index in [1.165, 1.54) is 11.3 Å². The van der Waals surface area contributed by atoms with Crippen molar-refractivity contribution in [3.8, 4) is 0 Å². The number of rotatable bonds is 12. The highest BCUT2D eigenvalue weighted by Gasteiger charge is 2.17. The van der Waals surface area contributed by atoms with E-state index in [-0.39, 0.29) is 43.2 Å². The zero-order chi connectivity index (χ0) is 20.4. The fourth-order valence-corrected chi connectivity index (χ4v) is 3.51. The zero-order valence-electron chi connectivity index (χ0n) is 16.3. The van der Waals surface area contributed by atoms with Gasteiger partial charge in [-0.05, 0) is 31.2 Å². The first-order valence-electron chi connectivity index (χ1n) is 9.27. The van der Waals surface area contributed by atoms with Gasteiger partial charge < -0.3 is 9.64 Å². The topological polar surface area (TPSA) is 76.6 Å². The van der Waals surface area contributed by atoms with E-state index in [9.17, 15) is 14.4 Å². The van der Waals surface area contributed by atoms with Gasteiger partial charge in [0.25, 0.3) is 0 Å². The molecule has 2 aromatic rings. The largest absolute Gasteiger partial charge is 0.383 e. The Morgan fingerprint density at radius 3 is 2.50 bits per heavy atom. The minimum Gasteiger partial charge on any atom is -0.383 e. The quantitative estimate of drug-likeness (QED) is 0.508. The summed E-state index contributed by atoms with van der Waals surface area (Å²) in [5.74, 6) is -0.203. The van der Waals surface area contributed by atoms with Crippen molar-refractivity contribution in [3.05, 3.63) is 52.0 Å². The number of hydrogen-bond acceptors (Lipinski definition) is 6. The first kappa shape index (κ1) is 21.9. The molecule has 2 aromatic heterocycles. The lowest BCUT2D eigenvalue weighted by Crippen LogP contribution is -2.34. The van der Waals surface area contributed by atoms with Gasteiger partial charge >= 0.3 is 0 Å². The summed E-state index contributed by atoms with van der Waals surface area (Å²) in [5.41, 5.74) is 0.787. The van der Waals surface area contributed by atoms with Gasteiger partial charge in [0.05, 0.1) is 23.7 Å². The minimum atomic E-state index is -0.115. The first-order valence-corrected chi connectivity index (χ1v) is 10.1. The molecule has 0 aliphatic heterocycles. The number of aromatic nitrogens is 1. The normalized spacial score (nSPS) is 10.6. The molecule has 0 saturated carbocycles. The maximum Gasteiger partial charge on any atom is 0.223 e. The van der Waals surface area contributed by atoms with E-state index in [1.807, 2.05) is 31.2 Å². The Bertz CT molecular complexity index is 789. The van der Waals surface area contributed by atoms with E-state index < -0.39 is 0 Å². The Hall–Kier alpha value is -2.38. The van der Waals surface area contributed by atoms with E-state index in [0.717, 1.165) is 10.6 Å². The Morgan fingerprint density at radius 2 is 1.86 bits per heavy atom. The third kappa shape index (κ3) is 7.32. The molecule has 0 atom stereocenters. The van der Waals surface area contributed by atoms with Crippen LogP contribution in [-0.4, -0.2) is 47.6 Å². The molecular weight excluding hydrogens is 376 g/mol. The van der Waals surface area contributed by atoms with E-state index in [2.05, 4.69) is 4.98 Å². The van der Waals surface area contributed by atoms with Crippen LogP contribution in [0.2, 0.25) is 0 Å². The predicted molar refractivity (Wildman–Crippen MR) is 108 cm³/mol. The summed E-state index contributed by atoms with van der Waals surface area (Å²) in [7, 11) is 1.58. The second-order valence-electron chi connectivity index (χ2n) is 6.50. The fraction of sp³-hybridized carbons (Fsp3) is 0.429. The van der Waals surface area contributed by atoms with E-state index in [1.54, 1.807) is 24.3 Å². The molecule has 2 rings (SSSR count). The number of Topliss-reactive ketones (excluding diaryl/α,β-unsaturated/α-hetero) is 2. The number of methoxy groups -OCH3 is 1. The molecule has 6 nitrogen and oxygen atoms in total. The van der Waals surface area contributed by atoms with Crippen LogP contribution in [0.1, 0.15) is 45.9 Å². The highest BCUT2D eigenvalue weighted by molar-refractivity contribution is 7.14. The molecule has 0 fully saturated rings. The van der Waals surface area contributed by atoms with Crippen LogP contribution >= 0.6 is 11.3 Å². The van der Waals surface area contributed by atoms with Gasteiger partial charge in [-0.1, -0.05) is 6.07 Å². The molecule has 0 unspecified atom stereocenters. The first-order chi connectivity index (χ1) is 13.5. The van der Waals surface area contributed by atoms with Crippen molar-refractivity contribution in [2.24, 2.45) is 0 Å².